The predicted molar refractivity (Wildman–Crippen MR) is 124 cm³/mol. The number of hydrogen-bond donors (Lipinski definition) is 2. The SMILES string of the molecule is CC(=O)c1ccc2c(c1)[C@H](NC(=O)c1ccc(F)c(Cl)c1)[C@H](OC(=O)CCN)C(C)(C)O2.Cl. The van der Waals surface area contributed by atoms with E-state index in [0.29, 0.717) is 16.9 Å². The number of esters is 1. The maximum Gasteiger partial charge on any atom is 0.307 e. The molecule has 0 spiro atoms. The van der Waals surface area contributed by atoms with Crippen LogP contribution >= 0.6 is 24.0 Å². The van der Waals surface area contributed by atoms with Crippen molar-refractivity contribution in [3.63, 3.8) is 0 Å². The van der Waals surface area contributed by atoms with Gasteiger partial charge < -0.3 is 20.5 Å². The smallest absolute Gasteiger partial charge is 0.307 e. The maximum absolute atomic E-state index is 13.5. The van der Waals surface area contributed by atoms with Crippen LogP contribution in [0.25, 0.3) is 0 Å². The van der Waals surface area contributed by atoms with E-state index in [9.17, 15) is 18.8 Å². The Morgan fingerprint density at radius 2 is 1.85 bits per heavy atom. The van der Waals surface area contributed by atoms with Crippen molar-refractivity contribution in [3.8, 4) is 5.75 Å². The number of hydrogen-bond acceptors (Lipinski definition) is 6. The second-order valence-electron chi connectivity index (χ2n) is 8.04. The van der Waals surface area contributed by atoms with Crippen LogP contribution in [0.4, 0.5) is 4.39 Å². The van der Waals surface area contributed by atoms with Gasteiger partial charge in [-0.15, -0.1) is 12.4 Å². The lowest BCUT2D eigenvalue weighted by atomic mass is 9.85. The number of amides is 1. The summed E-state index contributed by atoms with van der Waals surface area (Å²) in [7, 11) is 0. The summed E-state index contributed by atoms with van der Waals surface area (Å²) >= 11 is 5.82. The first-order valence-corrected chi connectivity index (χ1v) is 10.4. The molecule has 2 aromatic carbocycles. The number of halogens is 3. The van der Waals surface area contributed by atoms with E-state index in [-0.39, 0.29) is 41.7 Å². The average molecular weight is 499 g/mol. The Kier molecular flexibility index (Phi) is 8.46. The van der Waals surface area contributed by atoms with Gasteiger partial charge in [0.05, 0.1) is 17.5 Å². The van der Waals surface area contributed by atoms with E-state index in [1.54, 1.807) is 32.0 Å². The summed E-state index contributed by atoms with van der Waals surface area (Å²) in [6.45, 7) is 4.97. The fourth-order valence-electron chi connectivity index (χ4n) is 3.55. The van der Waals surface area contributed by atoms with Gasteiger partial charge >= 0.3 is 5.97 Å². The van der Waals surface area contributed by atoms with E-state index in [1.807, 2.05) is 0 Å². The fraction of sp³-hybridized carbons (Fsp3) is 0.348. The minimum absolute atomic E-state index is 0. The van der Waals surface area contributed by atoms with Crippen molar-refractivity contribution in [2.45, 2.75) is 44.9 Å². The van der Waals surface area contributed by atoms with Gasteiger partial charge in [-0.05, 0) is 57.2 Å². The maximum atomic E-state index is 13.5. The lowest BCUT2D eigenvalue weighted by molar-refractivity contribution is -0.165. The van der Waals surface area contributed by atoms with E-state index in [0.717, 1.165) is 6.07 Å². The number of rotatable bonds is 6. The van der Waals surface area contributed by atoms with Crippen LogP contribution in [0.5, 0.6) is 5.75 Å². The van der Waals surface area contributed by atoms with E-state index in [4.69, 9.17) is 26.8 Å². The highest BCUT2D eigenvalue weighted by Gasteiger charge is 2.47. The number of carbonyl (C=O) groups is 3. The zero-order valence-electron chi connectivity index (χ0n) is 18.3. The Hall–Kier alpha value is -2.68. The highest BCUT2D eigenvalue weighted by atomic mass is 35.5. The molecule has 3 N–H and O–H groups in total. The lowest BCUT2D eigenvalue weighted by Crippen LogP contribution is -2.55. The molecule has 0 bridgehead atoms. The summed E-state index contributed by atoms with van der Waals surface area (Å²) in [6.07, 6.45) is -0.947. The van der Waals surface area contributed by atoms with Gasteiger partial charge in [0.25, 0.3) is 5.91 Å². The molecule has 0 aliphatic carbocycles. The van der Waals surface area contributed by atoms with Gasteiger partial charge in [-0.1, -0.05) is 11.6 Å². The summed E-state index contributed by atoms with van der Waals surface area (Å²) in [6, 6.07) is 7.59. The van der Waals surface area contributed by atoms with E-state index < -0.39 is 35.4 Å². The molecule has 1 amide bonds. The summed E-state index contributed by atoms with van der Waals surface area (Å²) < 4.78 is 25.3. The molecule has 0 unspecified atom stereocenters. The molecule has 7 nitrogen and oxygen atoms in total. The number of nitrogens with one attached hydrogen (secondary N) is 1. The molecule has 3 rings (SSSR count). The van der Waals surface area contributed by atoms with Crippen LogP contribution in [0, 0.1) is 5.82 Å². The van der Waals surface area contributed by atoms with Gasteiger partial charge in [0.2, 0.25) is 0 Å². The molecule has 33 heavy (non-hydrogen) atoms. The van der Waals surface area contributed by atoms with Crippen LogP contribution in [0.2, 0.25) is 5.02 Å². The summed E-state index contributed by atoms with van der Waals surface area (Å²) in [5.74, 6) is -1.50. The van der Waals surface area contributed by atoms with Crippen LogP contribution in [0.15, 0.2) is 36.4 Å². The molecule has 10 heteroatoms. The molecule has 178 valence electrons. The number of ketones is 1. The van der Waals surface area contributed by atoms with Crippen molar-refractivity contribution in [3.05, 3.63) is 63.9 Å². The topological polar surface area (TPSA) is 108 Å². The molecule has 0 aromatic heterocycles. The van der Waals surface area contributed by atoms with Crippen molar-refractivity contribution >= 4 is 41.7 Å². The van der Waals surface area contributed by atoms with Gasteiger partial charge in [-0.25, -0.2) is 4.39 Å². The molecular weight excluding hydrogens is 474 g/mol. The zero-order valence-corrected chi connectivity index (χ0v) is 19.9. The molecule has 2 aromatic rings. The van der Waals surface area contributed by atoms with Crippen molar-refractivity contribution in [2.75, 3.05) is 6.54 Å². The Labute approximate surface area is 202 Å². The van der Waals surface area contributed by atoms with Crippen molar-refractivity contribution in [1.29, 1.82) is 0 Å². The first kappa shape index (κ1) is 26.6. The first-order chi connectivity index (χ1) is 15.0. The number of Topliss-reactive ketones (excluding diaryl/α,β-unsaturated/α-hetero) is 1. The van der Waals surface area contributed by atoms with Crippen LogP contribution in [0.3, 0.4) is 0 Å². The minimum atomic E-state index is -1.02. The van der Waals surface area contributed by atoms with Crippen molar-refractivity contribution in [2.24, 2.45) is 5.73 Å². The fourth-order valence-corrected chi connectivity index (χ4v) is 3.73. The van der Waals surface area contributed by atoms with Gasteiger partial charge in [-0.2, -0.15) is 0 Å². The number of carbonyl (C=O) groups excluding carboxylic acids is 3. The van der Waals surface area contributed by atoms with E-state index in [1.165, 1.54) is 19.1 Å². The van der Waals surface area contributed by atoms with Crippen LogP contribution in [-0.2, 0) is 9.53 Å². The standard InChI is InChI=1S/C23H24ClFN2O5.ClH/c1-12(28)13-5-7-18-15(10-13)20(21(23(2,3)32-18)31-19(29)8-9-26)27-22(30)14-4-6-17(25)16(24)11-14;/h4-7,10-11,20-21H,8-9,26H2,1-3H3,(H,27,30);1H/t20-,21-;/m0./s1. The van der Waals surface area contributed by atoms with E-state index >= 15 is 0 Å². The molecule has 0 saturated heterocycles. The number of benzene rings is 2. The van der Waals surface area contributed by atoms with Crippen LogP contribution in [-0.4, -0.2) is 35.9 Å². The van der Waals surface area contributed by atoms with Gasteiger partial charge in [0, 0.05) is 23.2 Å². The molecular formula is C23H25Cl2FN2O5. The third-order valence-electron chi connectivity index (χ3n) is 5.19. The number of nitrogens with two attached hydrogens (primary N) is 1. The second kappa shape index (κ2) is 10.5. The van der Waals surface area contributed by atoms with E-state index in [2.05, 4.69) is 5.32 Å². The van der Waals surface area contributed by atoms with Crippen molar-refractivity contribution < 1.29 is 28.2 Å². The lowest BCUT2D eigenvalue weighted by Gasteiger charge is -2.44. The molecule has 0 radical (unpaired) electrons. The summed E-state index contributed by atoms with van der Waals surface area (Å²) in [5.41, 5.74) is 5.45. The molecule has 1 heterocycles. The Morgan fingerprint density at radius 1 is 1.18 bits per heavy atom. The van der Waals surface area contributed by atoms with Gasteiger partial charge in [0.15, 0.2) is 11.9 Å². The summed E-state index contributed by atoms with van der Waals surface area (Å²) in [4.78, 5) is 37.2. The largest absolute Gasteiger partial charge is 0.484 e. The molecule has 0 fully saturated rings. The van der Waals surface area contributed by atoms with Crippen LogP contribution < -0.4 is 15.8 Å². The third-order valence-corrected chi connectivity index (χ3v) is 5.48. The number of ether oxygens (including phenoxy) is 2. The zero-order chi connectivity index (χ0) is 23.6. The van der Waals surface area contributed by atoms with Crippen LogP contribution in [0.1, 0.15) is 59.5 Å². The van der Waals surface area contributed by atoms with Crippen molar-refractivity contribution in [1.82, 2.24) is 5.32 Å². The Bertz CT molecular complexity index is 1080. The normalized spacial score (nSPS) is 18.2. The highest BCUT2D eigenvalue weighted by molar-refractivity contribution is 6.31. The third kappa shape index (κ3) is 5.82. The minimum Gasteiger partial charge on any atom is -0.484 e. The molecule has 0 saturated carbocycles. The van der Waals surface area contributed by atoms with Gasteiger partial charge in [0.1, 0.15) is 17.2 Å². The number of fused-ring (bicyclic) bond motifs is 1. The monoisotopic (exact) mass is 498 g/mol. The predicted octanol–water partition coefficient (Wildman–Crippen LogP) is 4.01. The quantitative estimate of drug-likeness (QED) is 0.460. The van der Waals surface area contributed by atoms with Gasteiger partial charge in [-0.3, -0.25) is 14.4 Å². The molecule has 1 aliphatic heterocycles. The molecule has 1 aliphatic rings. The second-order valence-corrected chi connectivity index (χ2v) is 8.45. The Morgan fingerprint density at radius 3 is 2.45 bits per heavy atom. The molecule has 2 atom stereocenters. The first-order valence-electron chi connectivity index (χ1n) is 10.0. The highest BCUT2D eigenvalue weighted by Crippen LogP contribution is 2.42. The average Bonchev–Trinajstić information content (AvgIpc) is 2.72. The Balaban J connectivity index is 0.00000385. The summed E-state index contributed by atoms with van der Waals surface area (Å²) in [5, 5.41) is 2.64.